The number of hydrogen-bond donors (Lipinski definition) is 2. The van der Waals surface area contributed by atoms with E-state index < -0.39 is 5.60 Å². The Bertz CT molecular complexity index is 328. The summed E-state index contributed by atoms with van der Waals surface area (Å²) in [6.45, 7) is 0. The van der Waals surface area contributed by atoms with Crippen LogP contribution in [-0.2, 0) is 12.6 Å². The minimum absolute atomic E-state index is 0.534. The summed E-state index contributed by atoms with van der Waals surface area (Å²) < 4.78 is 1.67. The van der Waals surface area contributed by atoms with E-state index in [1.54, 1.807) is 10.9 Å². The van der Waals surface area contributed by atoms with Crippen molar-refractivity contribution < 1.29 is 5.11 Å². The summed E-state index contributed by atoms with van der Waals surface area (Å²) in [5, 5.41) is 21.4. The maximum Gasteiger partial charge on any atom is 0.108 e. The molecule has 0 bridgehead atoms. The zero-order valence-corrected chi connectivity index (χ0v) is 9.27. The molecule has 0 saturated heterocycles. The zero-order chi connectivity index (χ0) is 10.9. The van der Waals surface area contributed by atoms with Gasteiger partial charge in [0.05, 0.1) is 11.9 Å². The van der Waals surface area contributed by atoms with E-state index in [4.69, 9.17) is 0 Å². The fraction of sp³-hybridized carbons (Fsp3) is 0.800. The van der Waals surface area contributed by atoms with Crippen LogP contribution < -0.4 is 5.32 Å². The first kappa shape index (κ1) is 10.6. The van der Waals surface area contributed by atoms with Gasteiger partial charge in [-0.25, -0.2) is 4.68 Å². The van der Waals surface area contributed by atoms with Crippen LogP contribution in [0.4, 0.5) is 0 Å². The van der Waals surface area contributed by atoms with Crippen molar-refractivity contribution in [3.63, 3.8) is 0 Å². The van der Waals surface area contributed by atoms with E-state index in [-0.39, 0.29) is 0 Å². The first-order valence-electron chi connectivity index (χ1n) is 5.40. The molecule has 1 fully saturated rings. The molecule has 0 amide bonds. The number of aromatic nitrogens is 3. The Morgan fingerprint density at radius 2 is 2.20 bits per heavy atom. The molecule has 2 rings (SSSR count). The number of aliphatic hydroxyl groups is 1. The molecule has 2 N–H and O–H groups in total. The lowest BCUT2D eigenvalue weighted by atomic mass is 9.80. The average Bonchev–Trinajstić information content (AvgIpc) is 2.66. The number of rotatable bonds is 2. The summed E-state index contributed by atoms with van der Waals surface area (Å²) in [4.78, 5) is 0. The van der Waals surface area contributed by atoms with Gasteiger partial charge in [-0.2, -0.15) is 0 Å². The van der Waals surface area contributed by atoms with E-state index in [9.17, 15) is 5.11 Å². The molecule has 1 aromatic rings. The Morgan fingerprint density at radius 3 is 2.67 bits per heavy atom. The molecule has 15 heavy (non-hydrogen) atoms. The van der Waals surface area contributed by atoms with Crippen molar-refractivity contribution in [1.82, 2.24) is 20.3 Å². The average molecular weight is 210 g/mol. The van der Waals surface area contributed by atoms with Gasteiger partial charge in [0.2, 0.25) is 0 Å². The second-order valence-corrected chi connectivity index (χ2v) is 4.34. The predicted molar refractivity (Wildman–Crippen MR) is 56.2 cm³/mol. The Balaban J connectivity index is 2.13. The molecule has 0 unspecified atom stereocenters. The molecule has 0 atom stereocenters. The second kappa shape index (κ2) is 3.90. The summed E-state index contributed by atoms with van der Waals surface area (Å²) in [5.41, 5.74) is 0.100. The summed E-state index contributed by atoms with van der Waals surface area (Å²) in [7, 11) is 3.80. The zero-order valence-electron chi connectivity index (χ0n) is 9.27. The van der Waals surface area contributed by atoms with Crippen molar-refractivity contribution in [2.24, 2.45) is 7.05 Å². The van der Waals surface area contributed by atoms with Gasteiger partial charge in [0.25, 0.3) is 0 Å². The molecule has 1 aliphatic carbocycles. The standard InChI is InChI=1S/C10H18N4O/c1-11-8-3-5-10(15,6-4-8)9-7-12-13-14(9)2/h7-8,11,15H,3-6H2,1-2H3. The fourth-order valence-corrected chi connectivity index (χ4v) is 2.35. The molecule has 0 aliphatic heterocycles. The van der Waals surface area contributed by atoms with E-state index in [1.165, 1.54) is 0 Å². The highest BCUT2D eigenvalue weighted by atomic mass is 16.3. The van der Waals surface area contributed by atoms with Crippen LogP contribution in [0.5, 0.6) is 0 Å². The molecule has 5 nitrogen and oxygen atoms in total. The molecule has 0 radical (unpaired) electrons. The minimum atomic E-state index is -0.731. The molecule has 1 saturated carbocycles. The van der Waals surface area contributed by atoms with Crippen LogP contribution in [0, 0.1) is 0 Å². The molecular formula is C10H18N4O. The van der Waals surface area contributed by atoms with Crippen molar-refractivity contribution in [2.45, 2.75) is 37.3 Å². The van der Waals surface area contributed by atoms with Crippen LogP contribution in [0.2, 0.25) is 0 Å². The number of hydrogen-bond acceptors (Lipinski definition) is 4. The van der Waals surface area contributed by atoms with E-state index in [0.29, 0.717) is 6.04 Å². The van der Waals surface area contributed by atoms with Gasteiger partial charge >= 0.3 is 0 Å². The van der Waals surface area contributed by atoms with Crippen LogP contribution >= 0.6 is 0 Å². The Morgan fingerprint density at radius 1 is 1.53 bits per heavy atom. The van der Waals surface area contributed by atoms with Crippen LogP contribution in [-0.4, -0.2) is 33.2 Å². The maximum absolute atomic E-state index is 10.5. The summed E-state index contributed by atoms with van der Waals surface area (Å²) in [6, 6.07) is 0.534. The van der Waals surface area contributed by atoms with Gasteiger partial charge in [-0.05, 0) is 32.7 Å². The Kier molecular flexibility index (Phi) is 2.75. The van der Waals surface area contributed by atoms with Gasteiger partial charge in [0, 0.05) is 13.1 Å². The topological polar surface area (TPSA) is 63.0 Å². The van der Waals surface area contributed by atoms with Crippen LogP contribution in [0.1, 0.15) is 31.4 Å². The SMILES string of the molecule is CNC1CCC(O)(c2cnnn2C)CC1. The Labute approximate surface area is 89.5 Å². The van der Waals surface area contributed by atoms with Crippen LogP contribution in [0.15, 0.2) is 6.20 Å². The Hall–Kier alpha value is -0.940. The van der Waals surface area contributed by atoms with E-state index in [1.807, 2.05) is 14.1 Å². The van der Waals surface area contributed by atoms with Gasteiger partial charge < -0.3 is 10.4 Å². The van der Waals surface area contributed by atoms with Gasteiger partial charge in [-0.15, -0.1) is 5.10 Å². The first-order chi connectivity index (χ1) is 7.15. The highest BCUT2D eigenvalue weighted by Crippen LogP contribution is 2.36. The van der Waals surface area contributed by atoms with Crippen molar-refractivity contribution in [3.8, 4) is 0 Å². The second-order valence-electron chi connectivity index (χ2n) is 4.34. The summed E-state index contributed by atoms with van der Waals surface area (Å²) in [5.74, 6) is 0. The van der Waals surface area contributed by atoms with Crippen molar-refractivity contribution in [2.75, 3.05) is 7.05 Å². The van der Waals surface area contributed by atoms with Gasteiger partial charge in [-0.3, -0.25) is 0 Å². The molecule has 0 spiro atoms. The summed E-state index contributed by atoms with van der Waals surface area (Å²) in [6.07, 6.45) is 5.22. The van der Waals surface area contributed by atoms with Crippen molar-refractivity contribution in [1.29, 1.82) is 0 Å². The fourth-order valence-electron chi connectivity index (χ4n) is 2.35. The highest BCUT2D eigenvalue weighted by molar-refractivity contribution is 5.09. The third-order valence-electron chi connectivity index (χ3n) is 3.41. The highest BCUT2D eigenvalue weighted by Gasteiger charge is 2.36. The molecule has 5 heteroatoms. The number of aryl methyl sites for hydroxylation is 1. The first-order valence-corrected chi connectivity index (χ1v) is 5.40. The monoisotopic (exact) mass is 210 g/mol. The lowest BCUT2D eigenvalue weighted by Gasteiger charge is -2.35. The quantitative estimate of drug-likeness (QED) is 0.730. The summed E-state index contributed by atoms with van der Waals surface area (Å²) >= 11 is 0. The number of nitrogens with one attached hydrogen (secondary N) is 1. The molecule has 84 valence electrons. The molecule has 1 aliphatic rings. The molecule has 1 aromatic heterocycles. The van der Waals surface area contributed by atoms with Gasteiger partial charge in [0.1, 0.15) is 5.60 Å². The van der Waals surface area contributed by atoms with E-state index in [2.05, 4.69) is 15.6 Å². The van der Waals surface area contributed by atoms with Crippen molar-refractivity contribution in [3.05, 3.63) is 11.9 Å². The lowest BCUT2D eigenvalue weighted by Crippen LogP contribution is -2.39. The van der Waals surface area contributed by atoms with Gasteiger partial charge in [-0.1, -0.05) is 5.21 Å². The van der Waals surface area contributed by atoms with Crippen molar-refractivity contribution >= 4 is 0 Å². The molecule has 0 aromatic carbocycles. The largest absolute Gasteiger partial charge is 0.384 e. The van der Waals surface area contributed by atoms with Gasteiger partial charge in [0.15, 0.2) is 0 Å². The maximum atomic E-state index is 10.5. The third-order valence-corrected chi connectivity index (χ3v) is 3.41. The molecule has 1 heterocycles. The smallest absolute Gasteiger partial charge is 0.108 e. The predicted octanol–water partition coefficient (Wildman–Crippen LogP) is 0.165. The number of nitrogens with zero attached hydrogens (tertiary/aromatic N) is 3. The van der Waals surface area contributed by atoms with Crippen LogP contribution in [0.25, 0.3) is 0 Å². The normalized spacial score (nSPS) is 31.8. The molecular weight excluding hydrogens is 192 g/mol. The van der Waals surface area contributed by atoms with Crippen LogP contribution in [0.3, 0.4) is 0 Å². The van der Waals surface area contributed by atoms with E-state index >= 15 is 0 Å². The minimum Gasteiger partial charge on any atom is -0.384 e. The van der Waals surface area contributed by atoms with E-state index in [0.717, 1.165) is 31.4 Å². The third kappa shape index (κ3) is 1.89. The lowest BCUT2D eigenvalue weighted by molar-refractivity contribution is -0.0146.